The molecule has 0 radical (unpaired) electrons. The average Bonchev–Trinajstić information content (AvgIpc) is 3.68. The fraction of sp³-hybridized carbons (Fsp3) is 0.407. The minimum absolute atomic E-state index is 0.0677. The van der Waals surface area contributed by atoms with Gasteiger partial charge in [0.15, 0.2) is 5.69 Å². The summed E-state index contributed by atoms with van der Waals surface area (Å²) in [6.45, 7) is 5.95. The van der Waals surface area contributed by atoms with E-state index in [9.17, 15) is 18.0 Å². The van der Waals surface area contributed by atoms with E-state index in [1.807, 2.05) is 32.9 Å². The normalized spacial score (nSPS) is 14.5. The second-order valence-electron chi connectivity index (χ2n) is 10.7. The molecule has 10 nitrogen and oxygen atoms in total. The number of nitriles is 1. The molecule has 0 unspecified atom stereocenters. The standard InChI is InChI=1S/C27H31ClN6O4S/c1-27(2,3)24(26(36)30-13-14-31-39(37,38)19-11-12-19)32-25(35)22-20-5-4-6-21(28)23(20)34(33-22)16-18-9-7-17(15-29)8-10-18/h4-10,19,24,31H,11-14,16H2,1-3H3,(H,30,36)(H,32,35)/t24-/m1/s1. The third kappa shape index (κ3) is 6.76. The van der Waals surface area contributed by atoms with E-state index in [2.05, 4.69) is 26.5 Å². The molecule has 12 heteroatoms. The Balaban J connectivity index is 1.51. The van der Waals surface area contributed by atoms with Gasteiger partial charge in [0.2, 0.25) is 15.9 Å². The topological polar surface area (TPSA) is 146 Å². The van der Waals surface area contributed by atoms with Crippen LogP contribution in [0.3, 0.4) is 0 Å². The predicted molar refractivity (Wildman–Crippen MR) is 149 cm³/mol. The minimum atomic E-state index is -3.34. The smallest absolute Gasteiger partial charge is 0.273 e. The van der Waals surface area contributed by atoms with Crippen molar-refractivity contribution < 1.29 is 18.0 Å². The van der Waals surface area contributed by atoms with Crippen molar-refractivity contribution in [1.29, 1.82) is 5.26 Å². The van der Waals surface area contributed by atoms with Gasteiger partial charge in [-0.2, -0.15) is 10.4 Å². The molecule has 1 aliphatic rings. The van der Waals surface area contributed by atoms with Gasteiger partial charge in [-0.15, -0.1) is 0 Å². The Bertz CT molecular complexity index is 1530. The van der Waals surface area contributed by atoms with E-state index < -0.39 is 33.3 Å². The van der Waals surface area contributed by atoms with Gasteiger partial charge < -0.3 is 10.6 Å². The highest BCUT2D eigenvalue weighted by Crippen LogP contribution is 2.28. The second-order valence-corrected chi connectivity index (χ2v) is 13.1. The van der Waals surface area contributed by atoms with Crippen molar-refractivity contribution in [3.05, 3.63) is 64.3 Å². The van der Waals surface area contributed by atoms with Crippen LogP contribution in [0, 0.1) is 16.7 Å². The van der Waals surface area contributed by atoms with Crippen LogP contribution in [-0.4, -0.2) is 54.4 Å². The maximum Gasteiger partial charge on any atom is 0.273 e. The molecule has 0 spiro atoms. The van der Waals surface area contributed by atoms with E-state index in [-0.39, 0.29) is 24.0 Å². The molecule has 3 aromatic rings. The minimum Gasteiger partial charge on any atom is -0.353 e. The number of halogens is 1. The molecule has 1 aliphatic carbocycles. The van der Waals surface area contributed by atoms with Crippen molar-refractivity contribution in [2.45, 2.75) is 51.4 Å². The van der Waals surface area contributed by atoms with Crippen LogP contribution < -0.4 is 15.4 Å². The van der Waals surface area contributed by atoms with Crippen LogP contribution in [0.5, 0.6) is 0 Å². The number of nitrogens with one attached hydrogen (secondary N) is 3. The highest BCUT2D eigenvalue weighted by molar-refractivity contribution is 7.90. The van der Waals surface area contributed by atoms with E-state index in [0.717, 1.165) is 5.56 Å². The Hall–Kier alpha value is -3.46. The molecule has 2 aromatic carbocycles. The molecule has 1 atom stereocenters. The lowest BCUT2D eigenvalue weighted by Gasteiger charge is -2.30. The third-order valence-electron chi connectivity index (χ3n) is 6.45. The molecule has 2 amide bonds. The van der Waals surface area contributed by atoms with Gasteiger partial charge in [-0.3, -0.25) is 14.3 Å². The number of benzene rings is 2. The number of hydrogen-bond donors (Lipinski definition) is 3. The number of rotatable bonds is 10. The molecule has 3 N–H and O–H groups in total. The zero-order valence-electron chi connectivity index (χ0n) is 22.0. The van der Waals surface area contributed by atoms with Crippen LogP contribution in [0.25, 0.3) is 10.9 Å². The van der Waals surface area contributed by atoms with Crippen LogP contribution in [0.2, 0.25) is 5.02 Å². The van der Waals surface area contributed by atoms with E-state index >= 15 is 0 Å². The van der Waals surface area contributed by atoms with Crippen LogP contribution >= 0.6 is 11.6 Å². The summed E-state index contributed by atoms with van der Waals surface area (Å²) in [4.78, 5) is 26.6. The first-order valence-electron chi connectivity index (χ1n) is 12.6. The number of para-hydroxylation sites is 1. The lowest BCUT2D eigenvalue weighted by atomic mass is 9.86. The van der Waals surface area contributed by atoms with Crippen LogP contribution in [-0.2, 0) is 21.4 Å². The lowest BCUT2D eigenvalue weighted by molar-refractivity contribution is -0.125. The Labute approximate surface area is 232 Å². The van der Waals surface area contributed by atoms with E-state index in [0.29, 0.717) is 40.9 Å². The molecule has 1 aromatic heterocycles. The third-order valence-corrected chi connectivity index (χ3v) is 8.71. The monoisotopic (exact) mass is 570 g/mol. The van der Waals surface area contributed by atoms with Gasteiger partial charge in [0, 0.05) is 18.5 Å². The molecule has 39 heavy (non-hydrogen) atoms. The summed E-state index contributed by atoms with van der Waals surface area (Å²) < 4.78 is 28.1. The summed E-state index contributed by atoms with van der Waals surface area (Å²) in [5, 5.41) is 19.8. The van der Waals surface area contributed by atoms with Gasteiger partial charge >= 0.3 is 0 Å². The Morgan fingerprint density at radius 3 is 2.46 bits per heavy atom. The molecule has 4 rings (SSSR count). The second kappa shape index (κ2) is 11.3. The first-order valence-corrected chi connectivity index (χ1v) is 14.5. The van der Waals surface area contributed by atoms with Crippen molar-refractivity contribution in [1.82, 2.24) is 25.1 Å². The highest BCUT2D eigenvalue weighted by atomic mass is 35.5. The number of aromatic nitrogens is 2. The number of nitrogens with zero attached hydrogens (tertiary/aromatic N) is 3. The predicted octanol–water partition coefficient (Wildman–Crippen LogP) is 2.95. The van der Waals surface area contributed by atoms with Gasteiger partial charge in [-0.25, -0.2) is 13.1 Å². The molecule has 1 heterocycles. The summed E-state index contributed by atoms with van der Waals surface area (Å²) in [5.74, 6) is -0.967. The van der Waals surface area contributed by atoms with Crippen molar-refractivity contribution in [2.75, 3.05) is 13.1 Å². The Kier molecular flexibility index (Phi) is 8.30. The first kappa shape index (κ1) is 28.5. The highest BCUT2D eigenvalue weighted by Gasteiger charge is 2.36. The van der Waals surface area contributed by atoms with E-state index in [1.54, 1.807) is 35.0 Å². The number of amides is 2. The SMILES string of the molecule is CC(C)(C)[C@H](NC(=O)c1nn(Cc2ccc(C#N)cc2)c2c(Cl)cccc12)C(=O)NCCNS(=O)(=O)C1CC1. The quantitative estimate of drug-likeness (QED) is 0.319. The van der Waals surface area contributed by atoms with Gasteiger partial charge in [0.05, 0.1) is 34.0 Å². The van der Waals surface area contributed by atoms with Gasteiger partial charge in [-0.05, 0) is 42.0 Å². The van der Waals surface area contributed by atoms with E-state index in [4.69, 9.17) is 16.9 Å². The summed E-state index contributed by atoms with van der Waals surface area (Å²) in [6.07, 6.45) is 1.31. The molecular formula is C27H31ClN6O4S. The van der Waals surface area contributed by atoms with Crippen molar-refractivity contribution >= 4 is 44.3 Å². The first-order chi connectivity index (χ1) is 18.4. The van der Waals surface area contributed by atoms with Gasteiger partial charge in [0.1, 0.15) is 6.04 Å². The summed E-state index contributed by atoms with van der Waals surface area (Å²) in [6, 6.07) is 13.4. The van der Waals surface area contributed by atoms with Crippen LogP contribution in [0.15, 0.2) is 42.5 Å². The fourth-order valence-electron chi connectivity index (χ4n) is 4.19. The summed E-state index contributed by atoms with van der Waals surface area (Å²) in [5.41, 5.74) is 1.46. The number of fused-ring (bicyclic) bond motifs is 1. The zero-order chi connectivity index (χ0) is 28.4. The maximum atomic E-state index is 13.5. The zero-order valence-corrected chi connectivity index (χ0v) is 23.6. The maximum absolute atomic E-state index is 13.5. The largest absolute Gasteiger partial charge is 0.353 e. The molecule has 0 bridgehead atoms. The number of sulfonamides is 1. The summed E-state index contributed by atoms with van der Waals surface area (Å²) >= 11 is 6.50. The number of hydrogen-bond acceptors (Lipinski definition) is 6. The van der Waals surface area contributed by atoms with Crippen LogP contribution in [0.4, 0.5) is 0 Å². The van der Waals surface area contributed by atoms with Crippen molar-refractivity contribution in [2.24, 2.45) is 5.41 Å². The fourth-order valence-corrected chi connectivity index (χ4v) is 5.84. The van der Waals surface area contributed by atoms with Crippen molar-refractivity contribution in [3.8, 4) is 6.07 Å². The van der Waals surface area contributed by atoms with Gasteiger partial charge in [-0.1, -0.05) is 56.6 Å². The molecule has 1 fully saturated rings. The number of carbonyl (C=O) groups is 2. The Morgan fingerprint density at radius 2 is 1.85 bits per heavy atom. The van der Waals surface area contributed by atoms with Crippen molar-refractivity contribution in [3.63, 3.8) is 0 Å². The van der Waals surface area contributed by atoms with Gasteiger partial charge in [0.25, 0.3) is 5.91 Å². The molecule has 0 aliphatic heterocycles. The van der Waals surface area contributed by atoms with Crippen LogP contribution in [0.1, 0.15) is 55.2 Å². The number of carbonyl (C=O) groups excluding carboxylic acids is 2. The molecule has 1 saturated carbocycles. The molecular weight excluding hydrogens is 540 g/mol. The molecule has 0 saturated heterocycles. The lowest BCUT2D eigenvalue weighted by Crippen LogP contribution is -2.54. The molecule has 206 valence electrons. The summed E-state index contributed by atoms with van der Waals surface area (Å²) in [7, 11) is -3.34. The van der Waals surface area contributed by atoms with E-state index in [1.165, 1.54) is 0 Å². The average molecular weight is 571 g/mol. The Morgan fingerprint density at radius 1 is 1.15 bits per heavy atom.